The number of hydrogen-bond donors (Lipinski definition) is 2. The zero-order chi connectivity index (χ0) is 23.7. The minimum atomic E-state index is -0.516. The van der Waals surface area contributed by atoms with E-state index in [9.17, 15) is 9.18 Å². The maximum absolute atomic E-state index is 14.3. The van der Waals surface area contributed by atoms with Gasteiger partial charge >= 0.3 is 0 Å². The first kappa shape index (κ1) is 21.7. The number of nitrogens with zero attached hydrogens (tertiary/aromatic N) is 5. The Morgan fingerprint density at radius 3 is 2.79 bits per heavy atom. The molecule has 0 bridgehead atoms. The van der Waals surface area contributed by atoms with Gasteiger partial charge in [-0.05, 0) is 25.0 Å². The Labute approximate surface area is 193 Å². The molecule has 1 aliphatic rings. The van der Waals surface area contributed by atoms with Gasteiger partial charge in [-0.2, -0.15) is 5.10 Å². The summed E-state index contributed by atoms with van der Waals surface area (Å²) >= 11 is 0. The molecular formula is C23H22FN7O3. The lowest BCUT2D eigenvalue weighted by atomic mass is 10.1. The highest BCUT2D eigenvalue weighted by molar-refractivity contribution is 5.99. The average molecular weight is 463 g/mol. The molecule has 3 heterocycles. The van der Waals surface area contributed by atoms with Crippen molar-refractivity contribution in [3.05, 3.63) is 60.2 Å². The number of halogens is 1. The second-order valence-corrected chi connectivity index (χ2v) is 8.21. The largest absolute Gasteiger partial charge is 0.384 e. The van der Waals surface area contributed by atoms with E-state index in [4.69, 9.17) is 15.0 Å². The van der Waals surface area contributed by atoms with E-state index in [1.807, 2.05) is 0 Å². The van der Waals surface area contributed by atoms with E-state index >= 15 is 0 Å². The first-order valence-corrected chi connectivity index (χ1v) is 10.6. The van der Waals surface area contributed by atoms with Gasteiger partial charge in [-0.15, -0.1) is 0 Å². The van der Waals surface area contributed by atoms with Crippen LogP contribution in [0.2, 0.25) is 0 Å². The van der Waals surface area contributed by atoms with Crippen molar-refractivity contribution in [1.29, 1.82) is 0 Å². The van der Waals surface area contributed by atoms with Crippen LogP contribution in [0.3, 0.4) is 0 Å². The Bertz CT molecular complexity index is 1330. The van der Waals surface area contributed by atoms with Crippen molar-refractivity contribution in [3.63, 3.8) is 0 Å². The van der Waals surface area contributed by atoms with E-state index in [1.165, 1.54) is 18.5 Å². The molecule has 10 nitrogen and oxygen atoms in total. The number of benzene rings is 1. The Balaban J connectivity index is 1.44. The van der Waals surface area contributed by atoms with E-state index in [-0.39, 0.29) is 29.9 Å². The van der Waals surface area contributed by atoms with E-state index in [1.54, 1.807) is 42.1 Å². The monoisotopic (exact) mass is 463 g/mol. The standard InChI is InChI=1S/C23H22FN7O3/c1-33-13-23(7-8-23)22(32)27-18-11-26-21(28-20(18)25)17-10-19(16-6-9-34-30-16)31(29-17)12-14-4-2-3-5-15(14)24/h2-6,9-11H,7-8,12-13H2,1H3,(H,27,32)(H2,25,26,28). The van der Waals surface area contributed by atoms with Gasteiger partial charge in [0.2, 0.25) is 5.91 Å². The second-order valence-electron chi connectivity index (χ2n) is 8.21. The summed E-state index contributed by atoms with van der Waals surface area (Å²) in [4.78, 5) is 21.3. The highest BCUT2D eigenvalue weighted by atomic mass is 19.1. The van der Waals surface area contributed by atoms with Crippen LogP contribution in [0.1, 0.15) is 18.4 Å². The molecule has 34 heavy (non-hydrogen) atoms. The Kier molecular flexibility index (Phi) is 5.54. The molecule has 3 N–H and O–H groups in total. The molecule has 0 radical (unpaired) electrons. The Morgan fingerprint density at radius 2 is 2.12 bits per heavy atom. The van der Waals surface area contributed by atoms with Crippen molar-refractivity contribution in [1.82, 2.24) is 24.9 Å². The van der Waals surface area contributed by atoms with Gasteiger partial charge in [-0.3, -0.25) is 9.48 Å². The minimum absolute atomic E-state index is 0.109. The Morgan fingerprint density at radius 1 is 1.29 bits per heavy atom. The minimum Gasteiger partial charge on any atom is -0.384 e. The molecule has 1 amide bonds. The van der Waals surface area contributed by atoms with Gasteiger partial charge in [-0.1, -0.05) is 23.4 Å². The molecule has 5 rings (SSSR count). The zero-order valence-electron chi connectivity index (χ0n) is 18.4. The number of ether oxygens (including phenoxy) is 1. The number of carbonyl (C=O) groups excluding carboxylic acids is 1. The second kappa shape index (κ2) is 8.67. The fourth-order valence-corrected chi connectivity index (χ4v) is 3.72. The highest BCUT2D eigenvalue weighted by Crippen LogP contribution is 2.46. The van der Waals surface area contributed by atoms with Crippen molar-refractivity contribution in [3.8, 4) is 22.9 Å². The summed E-state index contributed by atoms with van der Waals surface area (Å²) < 4.78 is 26.0. The van der Waals surface area contributed by atoms with Gasteiger partial charge < -0.3 is 20.3 Å². The topological polar surface area (TPSA) is 134 Å². The van der Waals surface area contributed by atoms with Crippen LogP contribution in [-0.2, 0) is 16.1 Å². The quantitative estimate of drug-likeness (QED) is 0.407. The molecule has 174 valence electrons. The molecule has 0 saturated heterocycles. The highest BCUT2D eigenvalue weighted by Gasteiger charge is 2.50. The van der Waals surface area contributed by atoms with Gasteiger partial charge in [0, 0.05) is 18.7 Å². The lowest BCUT2D eigenvalue weighted by Crippen LogP contribution is -2.28. The predicted octanol–water partition coefficient (Wildman–Crippen LogP) is 3.13. The molecule has 0 spiro atoms. The van der Waals surface area contributed by atoms with E-state index in [2.05, 4.69) is 25.5 Å². The van der Waals surface area contributed by atoms with Crippen molar-refractivity contribution < 1.29 is 18.4 Å². The number of rotatable bonds is 8. The van der Waals surface area contributed by atoms with Gasteiger partial charge in [0.05, 0.1) is 30.5 Å². The van der Waals surface area contributed by atoms with Crippen LogP contribution in [0.25, 0.3) is 22.9 Å². The average Bonchev–Trinajstić information content (AvgIpc) is 3.22. The lowest BCUT2D eigenvalue weighted by Gasteiger charge is -2.14. The van der Waals surface area contributed by atoms with Crippen molar-refractivity contribution >= 4 is 17.4 Å². The molecule has 4 aromatic rings. The van der Waals surface area contributed by atoms with Crippen LogP contribution in [-0.4, -0.2) is 44.5 Å². The van der Waals surface area contributed by atoms with Gasteiger partial charge in [0.1, 0.15) is 29.2 Å². The van der Waals surface area contributed by atoms with E-state index in [0.717, 1.165) is 12.8 Å². The van der Waals surface area contributed by atoms with Crippen molar-refractivity contribution in [2.45, 2.75) is 19.4 Å². The number of nitrogen functional groups attached to an aromatic ring is 1. The van der Waals surface area contributed by atoms with E-state index in [0.29, 0.717) is 34.9 Å². The molecule has 1 aliphatic carbocycles. The summed E-state index contributed by atoms with van der Waals surface area (Å²) in [5.74, 6) is -0.142. The predicted molar refractivity (Wildman–Crippen MR) is 121 cm³/mol. The summed E-state index contributed by atoms with van der Waals surface area (Å²) in [6.45, 7) is 0.516. The number of amides is 1. The molecular weight excluding hydrogens is 441 g/mol. The molecule has 0 unspecified atom stereocenters. The molecule has 3 aromatic heterocycles. The number of hydrogen-bond acceptors (Lipinski definition) is 8. The third kappa shape index (κ3) is 4.13. The molecule has 0 atom stereocenters. The molecule has 1 saturated carbocycles. The number of methoxy groups -OCH3 is 1. The summed E-state index contributed by atoms with van der Waals surface area (Å²) in [5, 5.41) is 11.3. The van der Waals surface area contributed by atoms with Crippen LogP contribution >= 0.6 is 0 Å². The molecule has 11 heteroatoms. The maximum Gasteiger partial charge on any atom is 0.233 e. The summed E-state index contributed by atoms with van der Waals surface area (Å²) in [6.07, 6.45) is 4.41. The number of carbonyl (C=O) groups is 1. The third-order valence-corrected chi connectivity index (χ3v) is 5.81. The van der Waals surface area contributed by atoms with Gasteiger partial charge in [-0.25, -0.2) is 14.4 Å². The number of anilines is 2. The van der Waals surface area contributed by atoms with Crippen molar-refractivity contribution in [2.24, 2.45) is 5.41 Å². The zero-order valence-corrected chi connectivity index (χ0v) is 18.4. The summed E-state index contributed by atoms with van der Waals surface area (Å²) in [7, 11) is 1.57. The molecule has 0 aliphatic heterocycles. The molecule has 1 aromatic carbocycles. The van der Waals surface area contributed by atoms with Crippen molar-refractivity contribution in [2.75, 3.05) is 24.8 Å². The number of nitrogens with two attached hydrogens (primary N) is 1. The first-order valence-electron chi connectivity index (χ1n) is 10.6. The molecule has 1 fully saturated rings. The lowest BCUT2D eigenvalue weighted by molar-refractivity contribution is -0.122. The van der Waals surface area contributed by atoms with Crippen LogP contribution in [0.5, 0.6) is 0 Å². The summed E-state index contributed by atoms with van der Waals surface area (Å²) in [5.41, 5.74) is 7.92. The van der Waals surface area contributed by atoms with Crippen LogP contribution in [0.15, 0.2) is 53.4 Å². The third-order valence-electron chi connectivity index (χ3n) is 5.81. The fourth-order valence-electron chi connectivity index (χ4n) is 3.72. The van der Waals surface area contributed by atoms with Crippen LogP contribution < -0.4 is 11.1 Å². The number of nitrogens with one attached hydrogen (secondary N) is 1. The van der Waals surface area contributed by atoms with Gasteiger partial charge in [0.25, 0.3) is 0 Å². The van der Waals surface area contributed by atoms with E-state index < -0.39 is 5.41 Å². The normalized spacial score (nSPS) is 14.2. The first-order chi connectivity index (χ1) is 16.5. The van der Waals surface area contributed by atoms with Gasteiger partial charge in [0.15, 0.2) is 11.6 Å². The van der Waals surface area contributed by atoms with Crippen LogP contribution in [0.4, 0.5) is 15.9 Å². The van der Waals surface area contributed by atoms with Crippen LogP contribution in [0, 0.1) is 11.2 Å². The summed E-state index contributed by atoms with van der Waals surface area (Å²) in [6, 6.07) is 9.87. The smallest absolute Gasteiger partial charge is 0.233 e. The Hall–Kier alpha value is -4.12. The fraction of sp³-hybridized carbons (Fsp3) is 0.261. The maximum atomic E-state index is 14.3. The number of aromatic nitrogens is 5. The SMILES string of the molecule is COCC1(C(=O)Nc2cnc(-c3cc(-c4ccon4)n(Cc4ccccc4F)n3)nc2N)CC1.